The van der Waals surface area contributed by atoms with Crippen LogP contribution in [0.15, 0.2) is 64.2 Å². The summed E-state index contributed by atoms with van der Waals surface area (Å²) in [7, 11) is 1.72. The Balaban J connectivity index is 0.00000306. The second-order valence-corrected chi connectivity index (χ2v) is 7.98. The molecule has 0 aliphatic carbocycles. The second kappa shape index (κ2) is 11.8. The van der Waals surface area contributed by atoms with Gasteiger partial charge in [0.2, 0.25) is 11.8 Å². The zero-order chi connectivity index (χ0) is 22.3. The smallest absolute Gasteiger partial charge is 0.226 e. The van der Waals surface area contributed by atoms with E-state index in [1.165, 1.54) is 16.7 Å². The molecule has 0 atom stereocenters. The van der Waals surface area contributed by atoms with Crippen molar-refractivity contribution in [3.8, 4) is 11.5 Å². The summed E-state index contributed by atoms with van der Waals surface area (Å²) in [5.41, 5.74) is 5.45. The minimum atomic E-state index is 0. The molecule has 1 amide bonds. The number of nitrogens with zero attached hydrogens (tertiary/aromatic N) is 3. The van der Waals surface area contributed by atoms with Gasteiger partial charge in [0.25, 0.3) is 0 Å². The van der Waals surface area contributed by atoms with Crippen LogP contribution in [0.3, 0.4) is 0 Å². The first kappa shape index (κ1) is 24.8. The number of aryl methyl sites for hydroxylation is 1. The maximum atomic E-state index is 12.5. The minimum absolute atomic E-state index is 0. The van der Waals surface area contributed by atoms with Gasteiger partial charge in [-0.05, 0) is 36.6 Å². The Labute approximate surface area is 211 Å². The molecular formula is C25H30IN5O2. The van der Waals surface area contributed by atoms with Crippen LogP contribution < -0.4 is 10.6 Å². The van der Waals surface area contributed by atoms with Gasteiger partial charge in [0, 0.05) is 38.7 Å². The van der Waals surface area contributed by atoms with Crippen LogP contribution in [-0.2, 0) is 24.4 Å². The molecule has 0 fully saturated rings. The summed E-state index contributed by atoms with van der Waals surface area (Å²) in [6.45, 7) is 4.65. The molecule has 2 N–H and O–H groups in total. The zero-order valence-electron chi connectivity index (χ0n) is 19.0. The Hall–Kier alpha value is -2.88. The second-order valence-electron chi connectivity index (χ2n) is 7.98. The lowest BCUT2D eigenvalue weighted by Crippen LogP contribution is -2.37. The van der Waals surface area contributed by atoms with Crippen LogP contribution in [0.25, 0.3) is 11.5 Å². The Morgan fingerprint density at radius 3 is 2.45 bits per heavy atom. The monoisotopic (exact) mass is 559 g/mol. The van der Waals surface area contributed by atoms with Crippen LogP contribution in [0.1, 0.15) is 35.2 Å². The summed E-state index contributed by atoms with van der Waals surface area (Å²) in [4.78, 5) is 23.2. The number of hydrogen-bond acceptors (Lipinski definition) is 4. The van der Waals surface area contributed by atoms with Gasteiger partial charge in [0.1, 0.15) is 6.26 Å². The molecule has 1 aromatic heterocycles. The third kappa shape index (κ3) is 6.56. The first-order chi connectivity index (χ1) is 15.6. The molecule has 2 heterocycles. The summed E-state index contributed by atoms with van der Waals surface area (Å²) in [5.74, 6) is 1.47. The Bertz CT molecular complexity index is 1070. The molecule has 2 aromatic carbocycles. The standard InChI is InChI=1S/C25H29N5O2.HI/c1-18-9-11-19(12-10-18)24-29-22(17-32-24)14-28-25(26-2)27-13-5-8-23(31)30-15-20-6-3-4-7-21(20)16-30;/h3-4,6-7,9-12,17H,5,8,13-16H2,1-2H3,(H2,26,27,28);1H. The van der Waals surface area contributed by atoms with Crippen LogP contribution in [0, 0.1) is 6.92 Å². The summed E-state index contributed by atoms with van der Waals surface area (Å²) in [6, 6.07) is 16.3. The van der Waals surface area contributed by atoms with E-state index in [0.29, 0.717) is 44.5 Å². The number of aliphatic imine (C=N–C) groups is 1. The van der Waals surface area contributed by atoms with Gasteiger partial charge >= 0.3 is 0 Å². The summed E-state index contributed by atoms with van der Waals surface area (Å²) in [5, 5.41) is 6.49. The third-order valence-electron chi connectivity index (χ3n) is 5.56. The number of benzene rings is 2. The van der Waals surface area contributed by atoms with Gasteiger partial charge in [-0.25, -0.2) is 4.98 Å². The van der Waals surface area contributed by atoms with Crippen molar-refractivity contribution >= 4 is 35.8 Å². The molecule has 8 heteroatoms. The van der Waals surface area contributed by atoms with Crippen molar-refractivity contribution in [2.75, 3.05) is 13.6 Å². The van der Waals surface area contributed by atoms with Crippen LogP contribution in [0.2, 0.25) is 0 Å². The first-order valence-electron chi connectivity index (χ1n) is 10.9. The lowest BCUT2D eigenvalue weighted by atomic mass is 10.1. The molecule has 0 spiro atoms. The lowest BCUT2D eigenvalue weighted by Gasteiger charge is -2.16. The van der Waals surface area contributed by atoms with E-state index in [0.717, 1.165) is 17.7 Å². The van der Waals surface area contributed by atoms with Crippen LogP contribution >= 0.6 is 24.0 Å². The fourth-order valence-electron chi connectivity index (χ4n) is 3.73. The molecule has 0 saturated carbocycles. The number of guanidine groups is 1. The van der Waals surface area contributed by atoms with E-state index < -0.39 is 0 Å². The highest BCUT2D eigenvalue weighted by Crippen LogP contribution is 2.23. The molecule has 1 aliphatic heterocycles. The van der Waals surface area contributed by atoms with Crippen LogP contribution in [0.4, 0.5) is 0 Å². The number of halogens is 1. The van der Waals surface area contributed by atoms with Crippen LogP contribution in [-0.4, -0.2) is 35.3 Å². The van der Waals surface area contributed by atoms with E-state index in [1.54, 1.807) is 13.3 Å². The highest BCUT2D eigenvalue weighted by molar-refractivity contribution is 14.0. The maximum Gasteiger partial charge on any atom is 0.226 e. The van der Waals surface area contributed by atoms with Crippen molar-refractivity contribution in [3.05, 3.63) is 77.2 Å². The van der Waals surface area contributed by atoms with Crippen molar-refractivity contribution in [3.63, 3.8) is 0 Å². The molecular weight excluding hydrogens is 529 g/mol. The fourth-order valence-corrected chi connectivity index (χ4v) is 3.73. The van der Waals surface area contributed by atoms with E-state index >= 15 is 0 Å². The predicted octanol–water partition coefficient (Wildman–Crippen LogP) is 4.26. The molecule has 174 valence electrons. The minimum Gasteiger partial charge on any atom is -0.444 e. The van der Waals surface area contributed by atoms with E-state index in [-0.39, 0.29) is 29.9 Å². The topological polar surface area (TPSA) is 82.8 Å². The number of hydrogen-bond donors (Lipinski definition) is 2. The molecule has 0 saturated heterocycles. The number of oxazole rings is 1. The Morgan fingerprint density at radius 2 is 1.79 bits per heavy atom. The average molecular weight is 559 g/mol. The number of carbonyl (C=O) groups is 1. The fraction of sp³-hybridized carbons (Fsp3) is 0.320. The zero-order valence-corrected chi connectivity index (χ0v) is 21.3. The largest absolute Gasteiger partial charge is 0.444 e. The van der Waals surface area contributed by atoms with Gasteiger partial charge in [-0.15, -0.1) is 24.0 Å². The van der Waals surface area contributed by atoms with Gasteiger partial charge in [-0.2, -0.15) is 0 Å². The quantitative estimate of drug-likeness (QED) is 0.196. The van der Waals surface area contributed by atoms with E-state index in [9.17, 15) is 4.79 Å². The number of nitrogens with one attached hydrogen (secondary N) is 2. The molecule has 3 aromatic rings. The normalized spacial score (nSPS) is 12.8. The van der Waals surface area contributed by atoms with Gasteiger partial charge in [0.05, 0.1) is 12.2 Å². The SMILES string of the molecule is CN=C(NCCCC(=O)N1Cc2ccccc2C1)NCc1coc(-c2ccc(C)cc2)n1.I. The van der Waals surface area contributed by atoms with Crippen molar-refractivity contribution in [1.29, 1.82) is 0 Å². The van der Waals surface area contributed by atoms with Gasteiger partial charge < -0.3 is 20.0 Å². The number of carbonyl (C=O) groups excluding carboxylic acids is 1. The van der Waals surface area contributed by atoms with Crippen molar-refractivity contribution < 1.29 is 9.21 Å². The number of amides is 1. The van der Waals surface area contributed by atoms with E-state index in [2.05, 4.69) is 39.7 Å². The van der Waals surface area contributed by atoms with Crippen molar-refractivity contribution in [1.82, 2.24) is 20.5 Å². The maximum absolute atomic E-state index is 12.5. The van der Waals surface area contributed by atoms with Gasteiger partial charge in [-0.3, -0.25) is 9.79 Å². The highest BCUT2D eigenvalue weighted by atomic mass is 127. The number of aromatic nitrogens is 1. The molecule has 0 radical (unpaired) electrons. The third-order valence-corrected chi connectivity index (χ3v) is 5.56. The highest BCUT2D eigenvalue weighted by Gasteiger charge is 2.22. The molecule has 1 aliphatic rings. The van der Waals surface area contributed by atoms with Crippen LogP contribution in [0.5, 0.6) is 0 Å². The molecule has 4 rings (SSSR count). The lowest BCUT2D eigenvalue weighted by molar-refractivity contribution is -0.131. The predicted molar refractivity (Wildman–Crippen MR) is 140 cm³/mol. The van der Waals surface area contributed by atoms with E-state index in [1.807, 2.05) is 41.3 Å². The van der Waals surface area contributed by atoms with Crippen molar-refractivity contribution in [2.24, 2.45) is 4.99 Å². The van der Waals surface area contributed by atoms with Gasteiger partial charge in [-0.1, -0.05) is 42.0 Å². The summed E-state index contributed by atoms with van der Waals surface area (Å²) in [6.07, 6.45) is 2.91. The van der Waals surface area contributed by atoms with E-state index in [4.69, 9.17) is 4.42 Å². The van der Waals surface area contributed by atoms with Crippen molar-refractivity contribution in [2.45, 2.75) is 39.4 Å². The number of fused-ring (bicyclic) bond motifs is 1. The molecule has 33 heavy (non-hydrogen) atoms. The molecule has 0 bridgehead atoms. The molecule has 0 unspecified atom stereocenters. The number of rotatable bonds is 7. The Morgan fingerprint density at radius 1 is 1.09 bits per heavy atom. The summed E-state index contributed by atoms with van der Waals surface area (Å²) < 4.78 is 5.60. The first-order valence-corrected chi connectivity index (χ1v) is 10.9. The Kier molecular flexibility index (Phi) is 8.87. The van der Waals surface area contributed by atoms with Gasteiger partial charge in [0.15, 0.2) is 5.96 Å². The summed E-state index contributed by atoms with van der Waals surface area (Å²) >= 11 is 0. The molecule has 7 nitrogen and oxygen atoms in total. The average Bonchev–Trinajstić information content (AvgIpc) is 3.46.